The molecule has 3 nitrogen and oxygen atoms in total. The summed E-state index contributed by atoms with van der Waals surface area (Å²) < 4.78 is 5.20. The third-order valence-corrected chi connectivity index (χ3v) is 4.89. The highest BCUT2D eigenvalue weighted by atomic mass is 32.2. The molecule has 0 heterocycles. The fourth-order valence-electron chi connectivity index (χ4n) is 2.76. The third-order valence-electron chi connectivity index (χ3n) is 4.27. The topological polar surface area (TPSA) is 29.5 Å². The molecule has 0 spiro atoms. The number of rotatable bonds is 7. The minimum atomic E-state index is 0.129. The van der Waals surface area contributed by atoms with Gasteiger partial charge in [0.1, 0.15) is 5.75 Å². The van der Waals surface area contributed by atoms with Crippen LogP contribution in [0.25, 0.3) is 0 Å². The van der Waals surface area contributed by atoms with E-state index in [-0.39, 0.29) is 5.91 Å². The summed E-state index contributed by atoms with van der Waals surface area (Å²) in [7, 11) is 1.66. The van der Waals surface area contributed by atoms with Gasteiger partial charge in [0.05, 0.1) is 7.11 Å². The Balaban J connectivity index is 1.73. The second-order valence-electron chi connectivity index (χ2n) is 6.14. The zero-order valence-electron chi connectivity index (χ0n) is 14.2. The number of amides is 1. The highest BCUT2D eigenvalue weighted by Crippen LogP contribution is 2.30. The number of methoxy groups -OCH3 is 1. The zero-order chi connectivity index (χ0) is 16.9. The van der Waals surface area contributed by atoms with Gasteiger partial charge in [-0.25, -0.2) is 0 Å². The largest absolute Gasteiger partial charge is 0.497 e. The van der Waals surface area contributed by atoms with E-state index >= 15 is 0 Å². The Hall–Kier alpha value is -1.94. The molecule has 3 rings (SSSR count). The Morgan fingerprint density at radius 2 is 1.71 bits per heavy atom. The van der Waals surface area contributed by atoms with Crippen molar-refractivity contribution in [3.8, 4) is 5.75 Å². The first-order valence-electron chi connectivity index (χ1n) is 8.23. The van der Waals surface area contributed by atoms with Crippen LogP contribution in [0.2, 0.25) is 0 Å². The van der Waals surface area contributed by atoms with E-state index in [4.69, 9.17) is 4.74 Å². The molecule has 0 aromatic heterocycles. The molecule has 0 N–H and O–H groups in total. The second kappa shape index (κ2) is 7.75. The first-order valence-corrected chi connectivity index (χ1v) is 9.62. The van der Waals surface area contributed by atoms with E-state index in [1.165, 1.54) is 5.56 Å². The van der Waals surface area contributed by atoms with Gasteiger partial charge in [0.2, 0.25) is 0 Å². The number of nitrogens with zero attached hydrogens (tertiary/aromatic N) is 1. The van der Waals surface area contributed by atoms with E-state index in [0.29, 0.717) is 12.6 Å². The van der Waals surface area contributed by atoms with Crippen molar-refractivity contribution in [2.75, 3.05) is 13.4 Å². The van der Waals surface area contributed by atoms with E-state index in [1.807, 2.05) is 41.3 Å². The molecule has 1 fully saturated rings. The fraction of sp³-hybridized carbons (Fsp3) is 0.350. The molecule has 0 aliphatic heterocycles. The van der Waals surface area contributed by atoms with E-state index in [2.05, 4.69) is 18.4 Å². The summed E-state index contributed by atoms with van der Waals surface area (Å²) in [5.74, 6) is 1.95. The predicted molar refractivity (Wildman–Crippen MR) is 99.6 cm³/mol. The number of hydrogen-bond donors (Lipinski definition) is 0. The van der Waals surface area contributed by atoms with Crippen LogP contribution < -0.4 is 4.74 Å². The molecule has 1 saturated carbocycles. The molecule has 4 heteroatoms. The van der Waals surface area contributed by atoms with Gasteiger partial charge >= 0.3 is 0 Å². The summed E-state index contributed by atoms with van der Waals surface area (Å²) >= 11 is 1.79. The van der Waals surface area contributed by atoms with Crippen molar-refractivity contribution >= 4 is 17.7 Å². The summed E-state index contributed by atoms with van der Waals surface area (Å²) in [6, 6.07) is 16.4. The number of hydrogen-bond acceptors (Lipinski definition) is 3. The number of ether oxygens (including phenoxy) is 1. The van der Waals surface area contributed by atoms with Gasteiger partial charge in [-0.05, 0) is 54.5 Å². The highest BCUT2D eigenvalue weighted by molar-refractivity contribution is 7.97. The van der Waals surface area contributed by atoms with Crippen LogP contribution >= 0.6 is 11.8 Å². The van der Waals surface area contributed by atoms with Crippen LogP contribution in [0.4, 0.5) is 0 Å². The molecular weight excluding hydrogens is 318 g/mol. The Labute approximate surface area is 148 Å². The van der Waals surface area contributed by atoms with Crippen LogP contribution in [-0.2, 0) is 12.3 Å². The maximum Gasteiger partial charge on any atom is 0.254 e. The van der Waals surface area contributed by atoms with E-state index in [9.17, 15) is 4.79 Å². The van der Waals surface area contributed by atoms with E-state index < -0.39 is 0 Å². The van der Waals surface area contributed by atoms with Gasteiger partial charge in [0.15, 0.2) is 0 Å². The molecule has 2 aromatic carbocycles. The van der Waals surface area contributed by atoms with Crippen molar-refractivity contribution in [2.24, 2.45) is 0 Å². The molecule has 0 atom stereocenters. The van der Waals surface area contributed by atoms with Crippen molar-refractivity contribution in [1.82, 2.24) is 4.90 Å². The normalized spacial score (nSPS) is 13.6. The first kappa shape index (κ1) is 16.9. The number of carbonyl (C=O) groups excluding carboxylic acids is 1. The van der Waals surface area contributed by atoms with Gasteiger partial charge in [-0.1, -0.05) is 24.3 Å². The minimum absolute atomic E-state index is 0.129. The average molecular weight is 341 g/mol. The molecule has 2 aromatic rings. The summed E-state index contributed by atoms with van der Waals surface area (Å²) in [5.41, 5.74) is 3.17. The van der Waals surface area contributed by atoms with Crippen LogP contribution in [0.3, 0.4) is 0 Å². The smallest absolute Gasteiger partial charge is 0.254 e. The van der Waals surface area contributed by atoms with E-state index in [0.717, 1.165) is 35.5 Å². The average Bonchev–Trinajstić information content (AvgIpc) is 3.45. The van der Waals surface area contributed by atoms with Crippen LogP contribution in [0.15, 0.2) is 48.5 Å². The fourth-order valence-corrected chi connectivity index (χ4v) is 3.28. The molecule has 1 amide bonds. The first-order chi connectivity index (χ1) is 11.7. The third kappa shape index (κ3) is 4.12. The Morgan fingerprint density at radius 3 is 2.25 bits per heavy atom. The number of thioether (sulfide) groups is 1. The molecule has 24 heavy (non-hydrogen) atoms. The Kier molecular flexibility index (Phi) is 5.46. The van der Waals surface area contributed by atoms with Gasteiger partial charge in [-0.15, -0.1) is 0 Å². The molecule has 0 bridgehead atoms. The van der Waals surface area contributed by atoms with Gasteiger partial charge in [0.25, 0.3) is 5.91 Å². The lowest BCUT2D eigenvalue weighted by atomic mass is 10.1. The highest BCUT2D eigenvalue weighted by Gasteiger charge is 2.33. The number of benzene rings is 2. The van der Waals surface area contributed by atoms with Crippen LogP contribution in [0, 0.1) is 0 Å². The summed E-state index contributed by atoms with van der Waals surface area (Å²) in [5, 5.41) is 0. The van der Waals surface area contributed by atoms with Crippen molar-refractivity contribution < 1.29 is 9.53 Å². The minimum Gasteiger partial charge on any atom is -0.497 e. The van der Waals surface area contributed by atoms with Crippen LogP contribution in [0.5, 0.6) is 5.75 Å². The van der Waals surface area contributed by atoms with Crippen LogP contribution in [0.1, 0.15) is 34.3 Å². The second-order valence-corrected chi connectivity index (χ2v) is 7.01. The Bertz CT molecular complexity index is 678. The lowest BCUT2D eigenvalue weighted by Gasteiger charge is -2.23. The lowest BCUT2D eigenvalue weighted by molar-refractivity contribution is 0.0730. The van der Waals surface area contributed by atoms with Crippen LogP contribution in [-0.4, -0.2) is 30.2 Å². The molecule has 0 saturated heterocycles. The number of carbonyl (C=O) groups is 1. The summed E-state index contributed by atoms with van der Waals surface area (Å²) in [6.45, 7) is 0.653. The molecule has 0 radical (unpaired) electrons. The Morgan fingerprint density at radius 1 is 1.08 bits per heavy atom. The lowest BCUT2D eigenvalue weighted by Crippen LogP contribution is -2.32. The molecular formula is C20H23NO2S. The van der Waals surface area contributed by atoms with Gasteiger partial charge < -0.3 is 9.64 Å². The van der Waals surface area contributed by atoms with Crippen molar-refractivity contribution in [3.05, 3.63) is 65.2 Å². The zero-order valence-corrected chi connectivity index (χ0v) is 15.0. The standard InChI is InChI=1S/C20H23NO2S/c1-23-19-11-5-15(6-12-19)13-21(18-9-10-18)20(22)17-7-3-16(4-8-17)14-24-2/h3-8,11-12,18H,9-10,13-14H2,1-2H3. The predicted octanol–water partition coefficient (Wildman–Crippen LogP) is 4.36. The van der Waals surface area contributed by atoms with Crippen molar-refractivity contribution in [2.45, 2.75) is 31.2 Å². The molecule has 1 aliphatic rings. The maximum atomic E-state index is 12.9. The van der Waals surface area contributed by atoms with Crippen molar-refractivity contribution in [3.63, 3.8) is 0 Å². The molecule has 0 unspecified atom stereocenters. The van der Waals surface area contributed by atoms with Gasteiger partial charge in [0, 0.05) is 23.9 Å². The summed E-state index contributed by atoms with van der Waals surface area (Å²) in [6.07, 6.45) is 4.29. The quantitative estimate of drug-likeness (QED) is 0.749. The molecule has 126 valence electrons. The summed E-state index contributed by atoms with van der Waals surface area (Å²) in [4.78, 5) is 14.9. The molecule has 1 aliphatic carbocycles. The van der Waals surface area contributed by atoms with Crippen molar-refractivity contribution in [1.29, 1.82) is 0 Å². The van der Waals surface area contributed by atoms with Gasteiger partial charge in [-0.3, -0.25) is 4.79 Å². The monoisotopic (exact) mass is 341 g/mol. The van der Waals surface area contributed by atoms with Gasteiger partial charge in [-0.2, -0.15) is 11.8 Å². The maximum absolute atomic E-state index is 12.9. The SMILES string of the molecule is COc1ccc(CN(C(=O)c2ccc(CSC)cc2)C2CC2)cc1. The van der Waals surface area contributed by atoms with E-state index in [1.54, 1.807) is 18.9 Å².